The van der Waals surface area contributed by atoms with Gasteiger partial charge in [0, 0.05) is 17.4 Å². The van der Waals surface area contributed by atoms with Crippen LogP contribution in [0.25, 0.3) is 0 Å². The molecule has 0 aliphatic carbocycles. The SMILES string of the molecule is Nc1cc(N)nc(SCC(=O)N2N=C(c3cccs3)C[C@@H]2c2cccs2)n1. The Morgan fingerprint density at radius 2 is 1.93 bits per heavy atom. The van der Waals surface area contributed by atoms with E-state index in [2.05, 4.69) is 15.1 Å². The van der Waals surface area contributed by atoms with Crippen LogP contribution in [0.5, 0.6) is 0 Å². The fraction of sp³-hybridized carbons (Fsp3) is 0.176. The summed E-state index contributed by atoms with van der Waals surface area (Å²) in [6.07, 6.45) is 0.708. The van der Waals surface area contributed by atoms with Crippen LogP contribution in [0.4, 0.5) is 11.6 Å². The van der Waals surface area contributed by atoms with Gasteiger partial charge < -0.3 is 11.5 Å². The second-order valence-electron chi connectivity index (χ2n) is 5.79. The van der Waals surface area contributed by atoms with Crippen molar-refractivity contribution < 1.29 is 4.79 Å². The number of rotatable bonds is 5. The molecule has 1 amide bonds. The summed E-state index contributed by atoms with van der Waals surface area (Å²) in [4.78, 5) is 23.3. The van der Waals surface area contributed by atoms with Crippen LogP contribution in [0.2, 0.25) is 0 Å². The molecule has 1 aliphatic rings. The predicted molar refractivity (Wildman–Crippen MR) is 111 cm³/mol. The number of hydrogen-bond acceptors (Lipinski definition) is 9. The van der Waals surface area contributed by atoms with Crippen LogP contribution in [0.15, 0.2) is 51.3 Å². The lowest BCUT2D eigenvalue weighted by Gasteiger charge is -2.20. The van der Waals surface area contributed by atoms with E-state index in [0.29, 0.717) is 11.6 Å². The fourth-order valence-corrected chi connectivity index (χ4v) is 5.01. The van der Waals surface area contributed by atoms with Crippen molar-refractivity contribution in [1.82, 2.24) is 15.0 Å². The van der Waals surface area contributed by atoms with Crippen LogP contribution >= 0.6 is 34.4 Å². The summed E-state index contributed by atoms with van der Waals surface area (Å²) in [7, 11) is 0. The smallest absolute Gasteiger partial charge is 0.253 e. The van der Waals surface area contributed by atoms with Gasteiger partial charge in [0.15, 0.2) is 5.16 Å². The maximum Gasteiger partial charge on any atom is 0.253 e. The average molecular weight is 417 g/mol. The van der Waals surface area contributed by atoms with Gasteiger partial charge in [0.2, 0.25) is 0 Å². The molecule has 10 heteroatoms. The zero-order chi connectivity index (χ0) is 18.8. The molecule has 4 rings (SSSR count). The van der Waals surface area contributed by atoms with Gasteiger partial charge in [-0.05, 0) is 22.9 Å². The Balaban J connectivity index is 1.53. The molecule has 138 valence electrons. The molecule has 0 bridgehead atoms. The number of carbonyl (C=O) groups is 1. The van der Waals surface area contributed by atoms with Crippen molar-refractivity contribution in [2.24, 2.45) is 5.10 Å². The molecule has 0 aromatic carbocycles. The number of nitrogen functional groups attached to an aromatic ring is 2. The van der Waals surface area contributed by atoms with E-state index in [4.69, 9.17) is 11.5 Å². The first-order valence-electron chi connectivity index (χ1n) is 8.10. The van der Waals surface area contributed by atoms with Gasteiger partial charge in [0.05, 0.1) is 22.4 Å². The lowest BCUT2D eigenvalue weighted by molar-refractivity contribution is -0.130. The second kappa shape index (κ2) is 7.67. The number of nitrogens with two attached hydrogens (primary N) is 2. The van der Waals surface area contributed by atoms with Gasteiger partial charge in [-0.2, -0.15) is 5.10 Å². The number of aromatic nitrogens is 2. The van der Waals surface area contributed by atoms with E-state index >= 15 is 0 Å². The van der Waals surface area contributed by atoms with Crippen LogP contribution in [-0.4, -0.2) is 32.3 Å². The molecule has 0 saturated carbocycles. The largest absolute Gasteiger partial charge is 0.383 e. The Hall–Kier alpha value is -2.43. The van der Waals surface area contributed by atoms with E-state index < -0.39 is 0 Å². The number of amides is 1. The van der Waals surface area contributed by atoms with Gasteiger partial charge in [-0.25, -0.2) is 15.0 Å². The third-order valence-corrected chi connectivity index (χ3v) is 6.64. The van der Waals surface area contributed by atoms with Crippen molar-refractivity contribution in [2.45, 2.75) is 17.6 Å². The highest BCUT2D eigenvalue weighted by molar-refractivity contribution is 7.99. The van der Waals surface area contributed by atoms with E-state index in [1.54, 1.807) is 27.7 Å². The van der Waals surface area contributed by atoms with E-state index in [9.17, 15) is 4.79 Å². The molecule has 1 aliphatic heterocycles. The quantitative estimate of drug-likeness (QED) is 0.488. The van der Waals surface area contributed by atoms with Gasteiger partial charge in [-0.15, -0.1) is 22.7 Å². The molecular formula is C17H16N6OS3. The molecular weight excluding hydrogens is 400 g/mol. The van der Waals surface area contributed by atoms with Crippen molar-refractivity contribution in [1.29, 1.82) is 0 Å². The van der Waals surface area contributed by atoms with E-state index in [1.165, 1.54) is 17.8 Å². The van der Waals surface area contributed by atoms with Gasteiger partial charge in [0.25, 0.3) is 5.91 Å². The number of thioether (sulfide) groups is 1. The van der Waals surface area contributed by atoms with Crippen molar-refractivity contribution in [3.05, 3.63) is 50.8 Å². The molecule has 4 N–H and O–H groups in total. The van der Waals surface area contributed by atoms with Crippen LogP contribution in [0.3, 0.4) is 0 Å². The lowest BCUT2D eigenvalue weighted by Crippen LogP contribution is -2.28. The predicted octanol–water partition coefficient (Wildman–Crippen LogP) is 3.23. The zero-order valence-electron chi connectivity index (χ0n) is 14.1. The molecule has 27 heavy (non-hydrogen) atoms. The summed E-state index contributed by atoms with van der Waals surface area (Å²) in [6, 6.07) is 9.45. The van der Waals surface area contributed by atoms with Crippen molar-refractivity contribution in [2.75, 3.05) is 17.2 Å². The minimum Gasteiger partial charge on any atom is -0.383 e. The monoisotopic (exact) mass is 416 g/mol. The van der Waals surface area contributed by atoms with Crippen LogP contribution in [0.1, 0.15) is 22.2 Å². The highest BCUT2D eigenvalue weighted by Crippen LogP contribution is 2.36. The van der Waals surface area contributed by atoms with Crippen molar-refractivity contribution in [3.8, 4) is 0 Å². The Labute approximate surface area is 168 Å². The van der Waals surface area contributed by atoms with E-state index in [0.717, 1.165) is 15.5 Å². The number of hydrogen-bond donors (Lipinski definition) is 2. The number of nitrogens with zero attached hydrogens (tertiary/aromatic N) is 4. The number of thiophene rings is 2. The van der Waals surface area contributed by atoms with Crippen molar-refractivity contribution >= 4 is 57.7 Å². The molecule has 3 aromatic rings. The summed E-state index contributed by atoms with van der Waals surface area (Å²) in [6.45, 7) is 0. The first kappa shape index (κ1) is 18.0. The third kappa shape index (κ3) is 3.97. The molecule has 0 fully saturated rings. The van der Waals surface area contributed by atoms with Crippen molar-refractivity contribution in [3.63, 3.8) is 0 Å². The highest BCUT2D eigenvalue weighted by atomic mass is 32.2. The zero-order valence-corrected chi connectivity index (χ0v) is 16.6. The molecule has 0 saturated heterocycles. The van der Waals surface area contributed by atoms with Gasteiger partial charge in [0.1, 0.15) is 11.6 Å². The Morgan fingerprint density at radius 3 is 2.59 bits per heavy atom. The Bertz CT molecular complexity index is 950. The summed E-state index contributed by atoms with van der Waals surface area (Å²) in [5.41, 5.74) is 12.3. The molecule has 3 aromatic heterocycles. The first-order chi connectivity index (χ1) is 13.1. The molecule has 4 heterocycles. The topological polar surface area (TPSA) is 110 Å². The summed E-state index contributed by atoms with van der Waals surface area (Å²) in [5, 5.41) is 10.6. The Kier molecular flexibility index (Phi) is 5.10. The standard InChI is InChI=1S/C17H16N6OS3/c18-14-8-15(19)21-17(20-14)27-9-16(24)23-11(13-4-2-6-26-13)7-10(22-23)12-3-1-5-25-12/h1-6,8,11H,7,9H2,(H4,18,19,20,21)/t11-/m1/s1. The maximum atomic E-state index is 12.9. The van der Waals surface area contributed by atoms with Gasteiger partial charge >= 0.3 is 0 Å². The van der Waals surface area contributed by atoms with E-state index in [1.807, 2.05) is 35.0 Å². The summed E-state index contributed by atoms with van der Waals surface area (Å²) in [5.74, 6) is 0.627. The lowest BCUT2D eigenvalue weighted by atomic mass is 10.1. The molecule has 1 atom stereocenters. The van der Waals surface area contributed by atoms with Crippen LogP contribution < -0.4 is 11.5 Å². The number of anilines is 2. The van der Waals surface area contributed by atoms with Crippen LogP contribution in [-0.2, 0) is 4.79 Å². The fourth-order valence-electron chi connectivity index (χ4n) is 2.75. The molecule has 0 radical (unpaired) electrons. The molecule has 0 unspecified atom stereocenters. The van der Waals surface area contributed by atoms with Gasteiger partial charge in [-0.3, -0.25) is 4.79 Å². The maximum absolute atomic E-state index is 12.9. The highest BCUT2D eigenvalue weighted by Gasteiger charge is 2.34. The average Bonchev–Trinajstić information content (AvgIpc) is 3.39. The minimum absolute atomic E-state index is 0.0815. The van der Waals surface area contributed by atoms with E-state index in [-0.39, 0.29) is 29.3 Å². The number of hydrazone groups is 1. The van der Waals surface area contributed by atoms with Crippen LogP contribution in [0, 0.1) is 0 Å². The Morgan fingerprint density at radius 1 is 1.19 bits per heavy atom. The minimum atomic E-state index is -0.102. The second-order valence-corrected chi connectivity index (χ2v) is 8.66. The summed E-state index contributed by atoms with van der Waals surface area (Å²) < 4.78 is 0. The summed E-state index contributed by atoms with van der Waals surface area (Å²) >= 11 is 4.46. The third-order valence-electron chi connectivity index (χ3n) is 3.91. The molecule has 0 spiro atoms. The normalized spacial score (nSPS) is 16.5. The van der Waals surface area contributed by atoms with Gasteiger partial charge in [-0.1, -0.05) is 23.9 Å². The molecule has 7 nitrogen and oxygen atoms in total. The number of carbonyl (C=O) groups excluding carboxylic acids is 1. The first-order valence-corrected chi connectivity index (χ1v) is 10.8.